The van der Waals surface area contributed by atoms with Gasteiger partial charge in [0.05, 0.1) is 0 Å². The van der Waals surface area contributed by atoms with Crippen LogP contribution < -0.4 is 0 Å². The van der Waals surface area contributed by atoms with E-state index in [0.29, 0.717) is 5.75 Å². The van der Waals surface area contributed by atoms with Crippen molar-refractivity contribution in [1.82, 2.24) is 19.7 Å². The molecule has 9 heteroatoms. The smallest absolute Gasteiger partial charge is 0.345 e. The molecule has 23 heavy (non-hydrogen) atoms. The Morgan fingerprint density at radius 2 is 1.91 bits per heavy atom. The van der Waals surface area contributed by atoms with E-state index >= 15 is 0 Å². The third kappa shape index (κ3) is 3.84. The maximum atomic E-state index is 13.2. The van der Waals surface area contributed by atoms with E-state index in [1.54, 1.807) is 24.5 Å². The zero-order valence-corrected chi connectivity index (χ0v) is 13.6. The Morgan fingerprint density at radius 3 is 2.43 bits per heavy atom. The van der Waals surface area contributed by atoms with Crippen LogP contribution in [0.25, 0.3) is 0 Å². The van der Waals surface area contributed by atoms with Crippen molar-refractivity contribution in [2.24, 2.45) is 7.05 Å². The molecule has 0 spiro atoms. The molecule has 5 nitrogen and oxygen atoms in total. The molecule has 0 unspecified atom stereocenters. The molecule has 2 heterocycles. The van der Waals surface area contributed by atoms with Crippen molar-refractivity contribution in [2.45, 2.75) is 17.0 Å². The molecule has 0 radical (unpaired) electrons. The highest BCUT2D eigenvalue weighted by molar-refractivity contribution is 7.98. The largest absolute Gasteiger partial charge is 0.436 e. The zero-order chi connectivity index (χ0) is 17.2. The molecule has 1 amide bonds. The molecule has 2 aromatic heterocycles. The molecule has 0 N–H and O–H groups in total. The molecule has 0 atom stereocenters. The van der Waals surface area contributed by atoms with E-state index < -0.39 is 23.3 Å². The summed E-state index contributed by atoms with van der Waals surface area (Å²) in [7, 11) is 4.22. The van der Waals surface area contributed by atoms with Gasteiger partial charge in [0, 0.05) is 39.3 Å². The van der Waals surface area contributed by atoms with Crippen LogP contribution in [0.15, 0.2) is 29.6 Å². The minimum atomic E-state index is -4.69. The van der Waals surface area contributed by atoms with E-state index in [-0.39, 0.29) is 5.03 Å². The normalized spacial score (nSPS) is 11.6. The highest BCUT2D eigenvalue weighted by atomic mass is 32.2. The van der Waals surface area contributed by atoms with Crippen LogP contribution in [0.2, 0.25) is 0 Å². The summed E-state index contributed by atoms with van der Waals surface area (Å²) in [5.41, 5.74) is -0.678. The van der Waals surface area contributed by atoms with Gasteiger partial charge in [-0.3, -0.25) is 14.5 Å². The third-order valence-corrected chi connectivity index (χ3v) is 4.23. The molecule has 2 aromatic rings. The summed E-state index contributed by atoms with van der Waals surface area (Å²) in [6.07, 6.45) is -1.48. The fourth-order valence-electron chi connectivity index (χ4n) is 1.92. The Balaban J connectivity index is 2.41. The van der Waals surface area contributed by atoms with Gasteiger partial charge < -0.3 is 4.90 Å². The SMILES string of the molecule is CN(C)C(=O)c1c(C(F)(F)F)nn(C)c1SCc1ccncc1. The van der Waals surface area contributed by atoms with Gasteiger partial charge in [0.25, 0.3) is 5.91 Å². The number of hydrogen-bond acceptors (Lipinski definition) is 4. The topological polar surface area (TPSA) is 51.0 Å². The van der Waals surface area contributed by atoms with Crippen molar-refractivity contribution in [3.05, 3.63) is 41.3 Å². The van der Waals surface area contributed by atoms with Crippen LogP contribution in [0.4, 0.5) is 13.2 Å². The number of aromatic nitrogens is 3. The zero-order valence-electron chi connectivity index (χ0n) is 12.8. The van der Waals surface area contributed by atoms with Crippen LogP contribution in [0.1, 0.15) is 21.6 Å². The number of aryl methyl sites for hydroxylation is 1. The molecule has 0 aliphatic carbocycles. The first-order valence-corrected chi connectivity index (χ1v) is 7.58. The van der Waals surface area contributed by atoms with Gasteiger partial charge in [0.15, 0.2) is 5.69 Å². The second-order valence-electron chi connectivity index (χ2n) is 4.99. The third-order valence-electron chi connectivity index (χ3n) is 3.01. The number of hydrogen-bond donors (Lipinski definition) is 0. The second-order valence-corrected chi connectivity index (χ2v) is 5.96. The van der Waals surface area contributed by atoms with Gasteiger partial charge in [-0.15, -0.1) is 11.8 Å². The lowest BCUT2D eigenvalue weighted by Crippen LogP contribution is -2.25. The van der Waals surface area contributed by atoms with Crippen LogP contribution in [-0.4, -0.2) is 39.7 Å². The van der Waals surface area contributed by atoms with E-state index in [4.69, 9.17) is 0 Å². The number of nitrogens with zero attached hydrogens (tertiary/aromatic N) is 4. The van der Waals surface area contributed by atoms with E-state index in [9.17, 15) is 18.0 Å². The standard InChI is InChI=1S/C14H15F3N4OS/c1-20(2)12(22)10-11(14(15,16)17)19-21(3)13(10)23-8-9-4-6-18-7-5-9/h4-7H,8H2,1-3H3. The number of thioether (sulfide) groups is 1. The summed E-state index contributed by atoms with van der Waals surface area (Å²) in [5, 5.41) is 3.70. The van der Waals surface area contributed by atoms with Crippen LogP contribution in [-0.2, 0) is 19.0 Å². The molecule has 0 fully saturated rings. The van der Waals surface area contributed by atoms with Crippen LogP contribution in [0.3, 0.4) is 0 Å². The van der Waals surface area contributed by atoms with Crippen molar-refractivity contribution >= 4 is 17.7 Å². The average Bonchev–Trinajstić information content (AvgIpc) is 2.82. The van der Waals surface area contributed by atoms with E-state index in [2.05, 4.69) is 10.1 Å². The van der Waals surface area contributed by atoms with Gasteiger partial charge in [-0.05, 0) is 17.7 Å². The Bertz CT molecular complexity index is 698. The first kappa shape index (κ1) is 17.3. The van der Waals surface area contributed by atoms with Gasteiger partial charge in [-0.25, -0.2) is 0 Å². The molecule has 0 aliphatic heterocycles. The lowest BCUT2D eigenvalue weighted by atomic mass is 10.2. The summed E-state index contributed by atoms with van der Waals surface area (Å²) < 4.78 is 40.6. The number of carbonyl (C=O) groups excluding carboxylic acids is 1. The van der Waals surface area contributed by atoms with Crippen molar-refractivity contribution in [3.8, 4) is 0 Å². The molecule has 0 aromatic carbocycles. The molecule has 2 rings (SSSR count). The Labute approximate surface area is 135 Å². The minimum absolute atomic E-state index is 0.188. The Morgan fingerprint density at radius 1 is 1.30 bits per heavy atom. The first-order chi connectivity index (χ1) is 10.7. The minimum Gasteiger partial charge on any atom is -0.345 e. The molecule has 0 bridgehead atoms. The van der Waals surface area contributed by atoms with Gasteiger partial charge in [0.1, 0.15) is 10.6 Å². The van der Waals surface area contributed by atoms with Gasteiger partial charge >= 0.3 is 6.18 Å². The molecule has 0 saturated heterocycles. The summed E-state index contributed by atoms with van der Waals surface area (Å²) in [4.78, 5) is 17.2. The predicted octanol–water partition coefficient (Wildman–Crippen LogP) is 2.83. The lowest BCUT2D eigenvalue weighted by molar-refractivity contribution is -0.141. The number of amides is 1. The van der Waals surface area contributed by atoms with E-state index in [1.807, 2.05) is 0 Å². The van der Waals surface area contributed by atoms with Crippen molar-refractivity contribution in [2.75, 3.05) is 14.1 Å². The second kappa shape index (κ2) is 6.61. The van der Waals surface area contributed by atoms with Crippen LogP contribution >= 0.6 is 11.8 Å². The predicted molar refractivity (Wildman–Crippen MR) is 80.0 cm³/mol. The summed E-state index contributed by atoms with van der Waals surface area (Å²) in [5.74, 6) is -0.310. The molecule has 124 valence electrons. The van der Waals surface area contributed by atoms with Crippen molar-refractivity contribution in [1.29, 1.82) is 0 Å². The van der Waals surface area contributed by atoms with Crippen molar-refractivity contribution < 1.29 is 18.0 Å². The maximum absolute atomic E-state index is 13.2. The Kier molecular flexibility index (Phi) is 4.98. The quantitative estimate of drug-likeness (QED) is 0.801. The summed E-state index contributed by atoms with van der Waals surface area (Å²) >= 11 is 1.13. The van der Waals surface area contributed by atoms with E-state index in [0.717, 1.165) is 26.9 Å². The average molecular weight is 344 g/mol. The number of alkyl halides is 3. The first-order valence-electron chi connectivity index (χ1n) is 6.59. The van der Waals surface area contributed by atoms with Gasteiger partial charge in [-0.1, -0.05) is 0 Å². The molecule has 0 saturated carbocycles. The number of rotatable bonds is 4. The summed E-state index contributed by atoms with van der Waals surface area (Å²) in [6, 6.07) is 3.53. The van der Waals surface area contributed by atoms with Crippen LogP contribution in [0.5, 0.6) is 0 Å². The fourth-order valence-corrected chi connectivity index (χ4v) is 2.97. The monoisotopic (exact) mass is 344 g/mol. The molecule has 0 aliphatic rings. The maximum Gasteiger partial charge on any atom is 0.436 e. The van der Waals surface area contributed by atoms with Crippen LogP contribution in [0, 0.1) is 0 Å². The molecular formula is C14H15F3N4OS. The number of halogens is 3. The number of pyridine rings is 1. The highest BCUT2D eigenvalue weighted by Gasteiger charge is 2.41. The van der Waals surface area contributed by atoms with Gasteiger partial charge in [-0.2, -0.15) is 18.3 Å². The van der Waals surface area contributed by atoms with E-state index in [1.165, 1.54) is 21.1 Å². The number of carbonyl (C=O) groups is 1. The van der Waals surface area contributed by atoms with Crippen molar-refractivity contribution in [3.63, 3.8) is 0 Å². The fraction of sp³-hybridized carbons (Fsp3) is 0.357. The highest BCUT2D eigenvalue weighted by Crippen LogP contribution is 2.37. The molecular weight excluding hydrogens is 329 g/mol. The lowest BCUT2D eigenvalue weighted by Gasteiger charge is -2.13. The Hall–Kier alpha value is -2.03. The van der Waals surface area contributed by atoms with Gasteiger partial charge in [0.2, 0.25) is 0 Å². The summed E-state index contributed by atoms with van der Waals surface area (Å²) in [6.45, 7) is 0.